The van der Waals surface area contributed by atoms with Crippen molar-refractivity contribution >= 4 is 35.0 Å². The first kappa shape index (κ1) is 19.4. The maximum absolute atomic E-state index is 11.9. The molecule has 9 nitrogen and oxygen atoms in total. The van der Waals surface area contributed by atoms with E-state index in [0.29, 0.717) is 36.4 Å². The van der Waals surface area contributed by atoms with Crippen molar-refractivity contribution in [1.82, 2.24) is 30.0 Å². The number of halogens is 1. The molecule has 0 bridgehead atoms. The molecule has 2 aromatic heterocycles. The van der Waals surface area contributed by atoms with Gasteiger partial charge in [0.1, 0.15) is 5.02 Å². The summed E-state index contributed by atoms with van der Waals surface area (Å²) in [6.07, 6.45) is 7.22. The lowest BCUT2D eigenvalue weighted by Crippen LogP contribution is -2.42. The first-order chi connectivity index (χ1) is 13.0. The molecule has 3 rings (SSSR count). The van der Waals surface area contributed by atoms with E-state index in [2.05, 4.69) is 35.9 Å². The van der Waals surface area contributed by atoms with Crippen LogP contribution in [0, 0.1) is 0 Å². The molecule has 1 amide bonds. The summed E-state index contributed by atoms with van der Waals surface area (Å²) in [5.41, 5.74) is 0.801. The molecule has 1 saturated heterocycles. The second kappa shape index (κ2) is 9.01. The summed E-state index contributed by atoms with van der Waals surface area (Å²) >= 11 is 6.24. The van der Waals surface area contributed by atoms with E-state index in [-0.39, 0.29) is 11.9 Å². The number of hydrogen-bond acceptors (Lipinski definition) is 7. The molecule has 1 unspecified atom stereocenters. The van der Waals surface area contributed by atoms with E-state index in [1.54, 1.807) is 17.1 Å². The van der Waals surface area contributed by atoms with Gasteiger partial charge in [0.2, 0.25) is 11.9 Å². The van der Waals surface area contributed by atoms with Crippen LogP contribution in [-0.4, -0.2) is 62.8 Å². The predicted molar refractivity (Wildman–Crippen MR) is 105 cm³/mol. The largest absolute Gasteiger partial charge is 0.367 e. The molecule has 0 aliphatic carbocycles. The maximum atomic E-state index is 11.9. The van der Waals surface area contributed by atoms with Crippen LogP contribution in [-0.2, 0) is 11.8 Å². The lowest BCUT2D eigenvalue weighted by atomic mass is 10.2. The first-order valence-electron chi connectivity index (χ1n) is 9.08. The SMILES string of the molecule is CCNC(=O)CN1CCCC1CNc1nc(Nc2cnn(C)c2)ncc1Cl. The molecule has 146 valence electrons. The van der Waals surface area contributed by atoms with Crippen LogP contribution in [0.15, 0.2) is 18.6 Å². The van der Waals surface area contributed by atoms with Gasteiger partial charge >= 0.3 is 0 Å². The molecule has 0 radical (unpaired) electrons. The third-order valence-corrected chi connectivity index (χ3v) is 4.71. The number of amides is 1. The first-order valence-corrected chi connectivity index (χ1v) is 9.45. The number of carbonyl (C=O) groups excluding carboxylic acids is 1. The summed E-state index contributed by atoms with van der Waals surface area (Å²) < 4.78 is 1.70. The summed E-state index contributed by atoms with van der Waals surface area (Å²) in [6, 6.07) is 0.272. The van der Waals surface area contributed by atoms with Crippen LogP contribution in [0.25, 0.3) is 0 Å². The fourth-order valence-corrected chi connectivity index (χ4v) is 3.31. The van der Waals surface area contributed by atoms with E-state index >= 15 is 0 Å². The molecule has 27 heavy (non-hydrogen) atoms. The highest BCUT2D eigenvalue weighted by atomic mass is 35.5. The predicted octanol–water partition coefficient (Wildman–Crippen LogP) is 1.62. The topological polar surface area (TPSA) is 100 Å². The number of likely N-dealkylation sites (tertiary alicyclic amines) is 1. The Labute approximate surface area is 163 Å². The van der Waals surface area contributed by atoms with Crippen molar-refractivity contribution in [3.63, 3.8) is 0 Å². The Morgan fingerprint density at radius 1 is 1.41 bits per heavy atom. The maximum Gasteiger partial charge on any atom is 0.234 e. The van der Waals surface area contributed by atoms with Crippen LogP contribution in [0.1, 0.15) is 19.8 Å². The highest BCUT2D eigenvalue weighted by Crippen LogP contribution is 2.23. The minimum atomic E-state index is 0.0624. The highest BCUT2D eigenvalue weighted by molar-refractivity contribution is 6.32. The Balaban J connectivity index is 1.59. The Hall–Kier alpha value is -2.39. The van der Waals surface area contributed by atoms with Gasteiger partial charge in [0, 0.05) is 32.4 Å². The molecule has 1 aliphatic heterocycles. The van der Waals surface area contributed by atoms with E-state index in [1.165, 1.54) is 0 Å². The van der Waals surface area contributed by atoms with Crippen LogP contribution >= 0.6 is 11.6 Å². The zero-order valence-electron chi connectivity index (χ0n) is 15.6. The van der Waals surface area contributed by atoms with Gasteiger partial charge in [0.05, 0.1) is 24.6 Å². The molecule has 1 aliphatic rings. The van der Waals surface area contributed by atoms with Gasteiger partial charge in [-0.15, -0.1) is 0 Å². The number of nitrogens with zero attached hydrogens (tertiary/aromatic N) is 5. The fourth-order valence-electron chi connectivity index (χ4n) is 3.15. The van der Waals surface area contributed by atoms with Crippen LogP contribution in [0.5, 0.6) is 0 Å². The summed E-state index contributed by atoms with van der Waals surface area (Å²) in [5, 5.41) is 13.8. The van der Waals surface area contributed by atoms with E-state index in [1.807, 2.05) is 20.2 Å². The molecule has 10 heteroatoms. The molecule has 2 aromatic rings. The summed E-state index contributed by atoms with van der Waals surface area (Å²) in [4.78, 5) is 22.7. The number of hydrogen-bond donors (Lipinski definition) is 3. The van der Waals surface area contributed by atoms with Gasteiger partial charge in [0.15, 0.2) is 5.82 Å². The van der Waals surface area contributed by atoms with Crippen LogP contribution in [0.3, 0.4) is 0 Å². The standard InChI is InChI=1S/C17H25ClN8O/c1-3-19-15(27)11-26-6-4-5-13(26)8-20-16-14(18)9-21-17(24-16)23-12-7-22-25(2)10-12/h7,9-10,13H,3-6,8,11H2,1-2H3,(H,19,27)(H2,20,21,23,24). The molecular weight excluding hydrogens is 368 g/mol. The van der Waals surface area contributed by atoms with Gasteiger partial charge in [0.25, 0.3) is 0 Å². The van der Waals surface area contributed by atoms with Crippen molar-refractivity contribution < 1.29 is 4.79 Å². The second-order valence-electron chi connectivity index (χ2n) is 6.52. The average Bonchev–Trinajstić information content (AvgIpc) is 3.24. The quantitative estimate of drug-likeness (QED) is 0.627. The van der Waals surface area contributed by atoms with Gasteiger partial charge in [-0.25, -0.2) is 4.98 Å². The van der Waals surface area contributed by atoms with E-state index in [4.69, 9.17) is 11.6 Å². The molecule has 3 N–H and O–H groups in total. The minimum absolute atomic E-state index is 0.0624. The monoisotopic (exact) mass is 392 g/mol. The van der Waals surface area contributed by atoms with Gasteiger partial charge in [-0.3, -0.25) is 14.4 Å². The fraction of sp³-hybridized carbons (Fsp3) is 0.529. The number of aromatic nitrogens is 4. The summed E-state index contributed by atoms with van der Waals surface area (Å²) in [7, 11) is 1.84. The minimum Gasteiger partial charge on any atom is -0.367 e. The van der Waals surface area contributed by atoms with E-state index in [9.17, 15) is 4.79 Å². The molecular formula is C17H25ClN8O. The average molecular weight is 393 g/mol. The Morgan fingerprint density at radius 2 is 2.26 bits per heavy atom. The molecule has 1 atom stereocenters. The van der Waals surface area contributed by atoms with Gasteiger partial charge in [-0.1, -0.05) is 11.6 Å². The highest BCUT2D eigenvalue weighted by Gasteiger charge is 2.26. The zero-order valence-corrected chi connectivity index (χ0v) is 16.3. The van der Waals surface area contributed by atoms with Crippen molar-refractivity contribution in [3.8, 4) is 0 Å². The second-order valence-corrected chi connectivity index (χ2v) is 6.93. The zero-order chi connectivity index (χ0) is 19.2. The van der Waals surface area contributed by atoms with Crippen molar-refractivity contribution in [2.24, 2.45) is 7.05 Å². The van der Waals surface area contributed by atoms with Gasteiger partial charge < -0.3 is 16.0 Å². The van der Waals surface area contributed by atoms with Crippen LogP contribution in [0.2, 0.25) is 5.02 Å². The van der Waals surface area contributed by atoms with Crippen molar-refractivity contribution in [2.45, 2.75) is 25.8 Å². The number of nitrogens with one attached hydrogen (secondary N) is 3. The van der Waals surface area contributed by atoms with Crippen molar-refractivity contribution in [3.05, 3.63) is 23.6 Å². The molecule has 3 heterocycles. The molecule has 0 spiro atoms. The number of likely N-dealkylation sites (N-methyl/N-ethyl adjacent to an activating group) is 1. The number of anilines is 3. The van der Waals surface area contributed by atoms with Crippen LogP contribution < -0.4 is 16.0 Å². The van der Waals surface area contributed by atoms with Crippen molar-refractivity contribution in [1.29, 1.82) is 0 Å². The smallest absolute Gasteiger partial charge is 0.234 e. The normalized spacial score (nSPS) is 17.1. The third-order valence-electron chi connectivity index (χ3n) is 4.43. The Morgan fingerprint density at radius 3 is 3.00 bits per heavy atom. The van der Waals surface area contributed by atoms with Gasteiger partial charge in [-0.2, -0.15) is 10.1 Å². The summed E-state index contributed by atoms with van der Waals surface area (Å²) in [5.74, 6) is 1.08. The van der Waals surface area contributed by atoms with Crippen LogP contribution in [0.4, 0.5) is 17.5 Å². The van der Waals surface area contributed by atoms with Crippen molar-refractivity contribution in [2.75, 3.05) is 36.8 Å². The molecule has 1 fully saturated rings. The Bertz CT molecular complexity index is 780. The molecule has 0 aromatic carbocycles. The van der Waals surface area contributed by atoms with E-state index in [0.717, 1.165) is 25.1 Å². The number of rotatable bonds is 8. The number of aryl methyl sites for hydroxylation is 1. The number of carbonyl (C=O) groups is 1. The van der Waals surface area contributed by atoms with Gasteiger partial charge in [-0.05, 0) is 26.3 Å². The lowest BCUT2D eigenvalue weighted by Gasteiger charge is -2.24. The van der Waals surface area contributed by atoms with E-state index < -0.39 is 0 Å². The lowest BCUT2D eigenvalue weighted by molar-refractivity contribution is -0.122. The Kier molecular flexibility index (Phi) is 6.46. The summed E-state index contributed by atoms with van der Waals surface area (Å²) in [6.45, 7) is 4.59. The third kappa shape index (κ3) is 5.30. The molecule has 0 saturated carbocycles.